The average Bonchev–Trinajstić information content (AvgIpc) is 2.81. The van der Waals surface area contributed by atoms with Crippen LogP contribution in [0.25, 0.3) is 0 Å². The van der Waals surface area contributed by atoms with Gasteiger partial charge in [-0.15, -0.1) is 0 Å². The zero-order chi connectivity index (χ0) is 18.4. The Labute approximate surface area is 152 Å². The van der Waals surface area contributed by atoms with E-state index in [-0.39, 0.29) is 16.2 Å². The quantitative estimate of drug-likeness (QED) is 0.883. The fourth-order valence-corrected chi connectivity index (χ4v) is 4.40. The summed E-state index contributed by atoms with van der Waals surface area (Å²) in [6.07, 6.45) is 0. The minimum atomic E-state index is -3.78. The van der Waals surface area contributed by atoms with Crippen molar-refractivity contribution in [2.24, 2.45) is 0 Å². The lowest BCUT2D eigenvalue weighted by atomic mass is 9.87. The third-order valence-corrected chi connectivity index (χ3v) is 6.04. The molecule has 132 valence electrons. The second kappa shape index (κ2) is 6.04. The molecule has 1 heterocycles. The molecule has 0 spiro atoms. The monoisotopic (exact) mass is 378 g/mol. The molecule has 1 aliphatic rings. The molecule has 2 aromatic carbocycles. The summed E-state index contributed by atoms with van der Waals surface area (Å²) in [4.78, 5) is 13.7. The minimum Gasteiger partial charge on any atom is -0.311 e. The normalized spacial score (nSPS) is 15.8. The molecule has 7 heteroatoms. The number of amides is 1. The van der Waals surface area contributed by atoms with Crippen LogP contribution in [0.5, 0.6) is 0 Å². The fraction of sp³-hybridized carbons (Fsp3) is 0.278. The van der Waals surface area contributed by atoms with Crippen LogP contribution in [0.4, 0.5) is 11.4 Å². The van der Waals surface area contributed by atoms with Gasteiger partial charge in [-0.3, -0.25) is 9.52 Å². The van der Waals surface area contributed by atoms with Crippen molar-refractivity contribution in [3.63, 3.8) is 0 Å². The Morgan fingerprint density at radius 1 is 1.20 bits per heavy atom. The number of para-hydroxylation sites is 1. The molecule has 2 aromatic rings. The van der Waals surface area contributed by atoms with Crippen LogP contribution < -0.4 is 9.62 Å². The van der Waals surface area contributed by atoms with Crippen molar-refractivity contribution in [3.8, 4) is 0 Å². The molecule has 3 rings (SSSR count). The lowest BCUT2D eigenvalue weighted by molar-refractivity contribution is -0.116. The summed E-state index contributed by atoms with van der Waals surface area (Å²) in [6, 6.07) is 11.5. The van der Waals surface area contributed by atoms with Crippen LogP contribution in [-0.2, 0) is 20.2 Å². The second-order valence-corrected chi connectivity index (χ2v) is 8.84. The zero-order valence-electron chi connectivity index (χ0n) is 14.2. The molecule has 0 saturated carbocycles. The van der Waals surface area contributed by atoms with Gasteiger partial charge < -0.3 is 4.90 Å². The number of carbonyl (C=O) groups is 1. The number of hydrogen-bond acceptors (Lipinski definition) is 3. The predicted octanol–water partition coefficient (Wildman–Crippen LogP) is 3.78. The molecule has 0 bridgehead atoms. The molecule has 0 aromatic heterocycles. The molecular weight excluding hydrogens is 360 g/mol. The van der Waals surface area contributed by atoms with E-state index in [0.29, 0.717) is 17.3 Å². The van der Waals surface area contributed by atoms with Gasteiger partial charge >= 0.3 is 0 Å². The molecule has 5 nitrogen and oxygen atoms in total. The molecule has 0 radical (unpaired) electrons. The standard InChI is InChI=1S/C18H19ClN2O3S/c1-12(22)21-11-18(2,3)14-10-13(8-9-17(14)21)25(23,24)20-16-7-5-4-6-15(16)19/h4-10,20H,11H2,1-3H3. The van der Waals surface area contributed by atoms with Gasteiger partial charge in [0.15, 0.2) is 0 Å². The van der Waals surface area contributed by atoms with E-state index in [0.717, 1.165) is 11.3 Å². The number of nitrogens with one attached hydrogen (secondary N) is 1. The molecule has 0 fully saturated rings. The van der Waals surface area contributed by atoms with Gasteiger partial charge in [0.05, 0.1) is 15.6 Å². The first kappa shape index (κ1) is 17.8. The molecule has 0 aliphatic carbocycles. The van der Waals surface area contributed by atoms with Crippen LogP contribution in [0.1, 0.15) is 26.3 Å². The highest BCUT2D eigenvalue weighted by Crippen LogP contribution is 2.41. The second-order valence-electron chi connectivity index (χ2n) is 6.75. The van der Waals surface area contributed by atoms with Gasteiger partial charge in [0, 0.05) is 24.6 Å². The topological polar surface area (TPSA) is 66.5 Å². The predicted molar refractivity (Wildman–Crippen MR) is 99.8 cm³/mol. The van der Waals surface area contributed by atoms with Crippen molar-refractivity contribution in [1.29, 1.82) is 0 Å². The molecular formula is C18H19ClN2O3S. The number of benzene rings is 2. The van der Waals surface area contributed by atoms with E-state index in [1.807, 2.05) is 13.8 Å². The first-order valence-corrected chi connectivity index (χ1v) is 9.68. The van der Waals surface area contributed by atoms with E-state index >= 15 is 0 Å². The van der Waals surface area contributed by atoms with Crippen molar-refractivity contribution in [2.45, 2.75) is 31.1 Å². The van der Waals surface area contributed by atoms with Gasteiger partial charge in [0.25, 0.3) is 10.0 Å². The van der Waals surface area contributed by atoms with Crippen molar-refractivity contribution < 1.29 is 13.2 Å². The molecule has 1 amide bonds. The number of hydrogen-bond donors (Lipinski definition) is 1. The summed E-state index contributed by atoms with van der Waals surface area (Å²) in [6.45, 7) is 6.02. The van der Waals surface area contributed by atoms with Crippen molar-refractivity contribution in [1.82, 2.24) is 0 Å². The molecule has 0 saturated heterocycles. The summed E-state index contributed by atoms with van der Waals surface area (Å²) < 4.78 is 28.0. The van der Waals surface area contributed by atoms with Crippen LogP contribution in [0.3, 0.4) is 0 Å². The van der Waals surface area contributed by atoms with Crippen LogP contribution in [0, 0.1) is 0 Å². The largest absolute Gasteiger partial charge is 0.311 e. The Bertz CT molecular complexity index is 955. The number of carbonyl (C=O) groups excluding carboxylic acids is 1. The maximum Gasteiger partial charge on any atom is 0.261 e. The maximum atomic E-state index is 12.7. The van der Waals surface area contributed by atoms with Crippen molar-refractivity contribution in [3.05, 3.63) is 53.1 Å². The Balaban J connectivity index is 2.02. The number of halogens is 1. The Hall–Kier alpha value is -2.05. The van der Waals surface area contributed by atoms with Gasteiger partial charge in [0.2, 0.25) is 5.91 Å². The molecule has 1 N–H and O–H groups in total. The van der Waals surface area contributed by atoms with Gasteiger partial charge in [-0.2, -0.15) is 0 Å². The van der Waals surface area contributed by atoms with Crippen molar-refractivity contribution in [2.75, 3.05) is 16.2 Å². The average molecular weight is 379 g/mol. The van der Waals surface area contributed by atoms with E-state index in [1.54, 1.807) is 41.3 Å². The van der Waals surface area contributed by atoms with Gasteiger partial charge in [0.1, 0.15) is 0 Å². The Kier molecular flexibility index (Phi) is 4.29. The van der Waals surface area contributed by atoms with Gasteiger partial charge in [-0.05, 0) is 35.9 Å². The molecule has 25 heavy (non-hydrogen) atoms. The number of anilines is 2. The van der Waals surface area contributed by atoms with E-state index in [4.69, 9.17) is 11.6 Å². The summed E-state index contributed by atoms with van der Waals surface area (Å²) >= 11 is 6.04. The molecule has 1 aliphatic heterocycles. The van der Waals surface area contributed by atoms with Crippen LogP contribution in [0.15, 0.2) is 47.4 Å². The van der Waals surface area contributed by atoms with Crippen LogP contribution in [0.2, 0.25) is 5.02 Å². The van der Waals surface area contributed by atoms with E-state index in [2.05, 4.69) is 4.72 Å². The fourth-order valence-electron chi connectivity index (χ4n) is 3.05. The highest BCUT2D eigenvalue weighted by molar-refractivity contribution is 7.92. The number of fused-ring (bicyclic) bond motifs is 1. The van der Waals surface area contributed by atoms with Crippen LogP contribution >= 0.6 is 11.6 Å². The zero-order valence-corrected chi connectivity index (χ0v) is 15.8. The van der Waals surface area contributed by atoms with E-state index < -0.39 is 10.0 Å². The maximum absolute atomic E-state index is 12.7. The van der Waals surface area contributed by atoms with Gasteiger partial charge in [-0.1, -0.05) is 37.6 Å². The smallest absolute Gasteiger partial charge is 0.261 e. The highest BCUT2D eigenvalue weighted by Gasteiger charge is 2.37. The summed E-state index contributed by atoms with van der Waals surface area (Å²) in [5.41, 5.74) is 1.60. The number of nitrogens with zero attached hydrogens (tertiary/aromatic N) is 1. The van der Waals surface area contributed by atoms with E-state index in [1.165, 1.54) is 13.0 Å². The SMILES string of the molecule is CC(=O)N1CC(C)(C)c2cc(S(=O)(=O)Nc3ccccc3Cl)ccc21. The Morgan fingerprint density at radius 3 is 2.52 bits per heavy atom. The first-order chi connectivity index (χ1) is 11.6. The van der Waals surface area contributed by atoms with Crippen LogP contribution in [-0.4, -0.2) is 20.9 Å². The lowest BCUT2D eigenvalue weighted by Crippen LogP contribution is -2.31. The van der Waals surface area contributed by atoms with Crippen molar-refractivity contribution >= 4 is 38.9 Å². The van der Waals surface area contributed by atoms with Gasteiger partial charge in [-0.25, -0.2) is 8.42 Å². The molecule has 0 unspecified atom stereocenters. The van der Waals surface area contributed by atoms with E-state index in [9.17, 15) is 13.2 Å². The number of sulfonamides is 1. The minimum absolute atomic E-state index is 0.0587. The summed E-state index contributed by atoms with van der Waals surface area (Å²) in [7, 11) is -3.78. The number of rotatable bonds is 3. The Morgan fingerprint density at radius 2 is 1.88 bits per heavy atom. The summed E-state index contributed by atoms with van der Waals surface area (Å²) in [5.74, 6) is -0.0587. The third kappa shape index (κ3) is 3.24. The third-order valence-electron chi connectivity index (χ3n) is 4.35. The molecule has 0 atom stereocenters. The lowest BCUT2D eigenvalue weighted by Gasteiger charge is -2.19. The summed E-state index contributed by atoms with van der Waals surface area (Å²) in [5, 5.41) is 0.329. The first-order valence-electron chi connectivity index (χ1n) is 7.82. The highest BCUT2D eigenvalue weighted by atomic mass is 35.5.